The number of benzene rings is 1. The number of ketones is 2. The van der Waals surface area contributed by atoms with E-state index in [0.717, 1.165) is 0 Å². The third kappa shape index (κ3) is 2.51. The van der Waals surface area contributed by atoms with Crippen molar-refractivity contribution in [1.29, 1.82) is 0 Å². The first-order valence-electron chi connectivity index (χ1n) is 6.54. The number of carbonyl (C=O) groups excluding carboxylic acids is 3. The molecular weight excluding hydrogens is 292 g/mol. The highest BCUT2D eigenvalue weighted by molar-refractivity contribution is 6.30. The van der Waals surface area contributed by atoms with Crippen molar-refractivity contribution >= 4 is 29.1 Å². The molecule has 0 amide bonds. The Hall–Kier alpha value is -1.94. The van der Waals surface area contributed by atoms with Crippen LogP contribution in [0, 0.1) is 5.41 Å². The first kappa shape index (κ1) is 15.4. The normalized spacial score (nSPS) is 20.8. The largest absolute Gasteiger partial charge is 0.468 e. The molecule has 0 saturated heterocycles. The molecule has 1 unspecified atom stereocenters. The van der Waals surface area contributed by atoms with Gasteiger partial charge in [-0.3, -0.25) is 14.4 Å². The predicted octanol–water partition coefficient (Wildman–Crippen LogP) is 2.99. The van der Waals surface area contributed by atoms with Gasteiger partial charge in [-0.2, -0.15) is 0 Å². The molecule has 1 aliphatic carbocycles. The lowest BCUT2D eigenvalue weighted by Crippen LogP contribution is -2.41. The standard InChI is InChI=1S/C16H15ClO4/c1-10(18)16(15(20)21-2)9-3-4-13(16)14(19)11-5-7-12(17)8-6-11/h4-8H,3,9H2,1-2H3. The third-order valence-corrected chi connectivity index (χ3v) is 4.07. The van der Waals surface area contributed by atoms with Crippen LogP contribution in [0.3, 0.4) is 0 Å². The SMILES string of the molecule is COC(=O)C1(C(C)=O)CCC=C1C(=O)c1ccc(Cl)cc1. The average Bonchev–Trinajstić information content (AvgIpc) is 2.92. The number of Topliss-reactive ketones (excluding diaryl/α,β-unsaturated/α-hetero) is 2. The molecule has 0 spiro atoms. The van der Waals surface area contributed by atoms with Gasteiger partial charge in [0.25, 0.3) is 0 Å². The number of ether oxygens (including phenoxy) is 1. The van der Waals surface area contributed by atoms with E-state index < -0.39 is 11.4 Å². The number of esters is 1. The van der Waals surface area contributed by atoms with Gasteiger partial charge in [-0.15, -0.1) is 0 Å². The zero-order valence-electron chi connectivity index (χ0n) is 11.8. The van der Waals surface area contributed by atoms with Crippen LogP contribution in [0.5, 0.6) is 0 Å². The second-order valence-corrected chi connectivity index (χ2v) is 5.38. The van der Waals surface area contributed by atoms with Gasteiger partial charge in [-0.05, 0) is 44.0 Å². The van der Waals surface area contributed by atoms with Gasteiger partial charge in [-0.1, -0.05) is 17.7 Å². The van der Waals surface area contributed by atoms with Gasteiger partial charge in [-0.25, -0.2) is 0 Å². The van der Waals surface area contributed by atoms with Crippen molar-refractivity contribution in [2.75, 3.05) is 7.11 Å². The first-order valence-corrected chi connectivity index (χ1v) is 6.91. The highest BCUT2D eigenvalue weighted by atomic mass is 35.5. The van der Waals surface area contributed by atoms with Crippen molar-refractivity contribution in [3.63, 3.8) is 0 Å². The number of hydrogen-bond donors (Lipinski definition) is 0. The highest BCUT2D eigenvalue weighted by Crippen LogP contribution is 2.42. The van der Waals surface area contributed by atoms with Crippen LogP contribution in [0.15, 0.2) is 35.9 Å². The van der Waals surface area contributed by atoms with E-state index in [0.29, 0.717) is 17.0 Å². The van der Waals surface area contributed by atoms with Crippen molar-refractivity contribution in [3.8, 4) is 0 Å². The monoisotopic (exact) mass is 306 g/mol. The Balaban J connectivity index is 2.46. The maximum Gasteiger partial charge on any atom is 0.324 e. The Kier molecular flexibility index (Phi) is 4.28. The second-order valence-electron chi connectivity index (χ2n) is 4.95. The lowest BCUT2D eigenvalue weighted by Gasteiger charge is -2.26. The van der Waals surface area contributed by atoms with Crippen molar-refractivity contribution in [2.24, 2.45) is 5.41 Å². The Labute approximate surface area is 127 Å². The molecule has 5 heteroatoms. The summed E-state index contributed by atoms with van der Waals surface area (Å²) < 4.78 is 4.76. The maximum absolute atomic E-state index is 12.6. The molecule has 0 saturated carbocycles. The van der Waals surface area contributed by atoms with Gasteiger partial charge >= 0.3 is 5.97 Å². The van der Waals surface area contributed by atoms with Gasteiger partial charge in [0.15, 0.2) is 17.0 Å². The number of allylic oxidation sites excluding steroid dienone is 1. The smallest absolute Gasteiger partial charge is 0.324 e. The summed E-state index contributed by atoms with van der Waals surface area (Å²) in [6.45, 7) is 1.31. The lowest BCUT2D eigenvalue weighted by molar-refractivity contribution is -0.154. The van der Waals surface area contributed by atoms with E-state index >= 15 is 0 Å². The zero-order chi connectivity index (χ0) is 15.6. The lowest BCUT2D eigenvalue weighted by atomic mass is 9.75. The summed E-state index contributed by atoms with van der Waals surface area (Å²) in [5.74, 6) is -1.40. The fraction of sp³-hybridized carbons (Fsp3) is 0.312. The molecule has 0 heterocycles. The molecule has 0 N–H and O–H groups in total. The summed E-state index contributed by atoms with van der Waals surface area (Å²) in [6, 6.07) is 6.34. The van der Waals surface area contributed by atoms with Crippen LogP contribution in [0.2, 0.25) is 5.02 Å². The zero-order valence-corrected chi connectivity index (χ0v) is 12.6. The molecule has 1 atom stereocenters. The average molecular weight is 307 g/mol. The van der Waals surface area contributed by atoms with E-state index in [2.05, 4.69) is 0 Å². The van der Waals surface area contributed by atoms with Crippen LogP contribution in [0.1, 0.15) is 30.1 Å². The van der Waals surface area contributed by atoms with Crippen LogP contribution in [-0.2, 0) is 14.3 Å². The maximum atomic E-state index is 12.6. The molecule has 0 aromatic heterocycles. The third-order valence-electron chi connectivity index (χ3n) is 3.81. The molecule has 21 heavy (non-hydrogen) atoms. The summed E-state index contributed by atoms with van der Waals surface area (Å²) in [5, 5.41) is 0.512. The number of carbonyl (C=O) groups is 3. The minimum absolute atomic E-state index is 0.198. The summed E-state index contributed by atoms with van der Waals surface area (Å²) in [4.78, 5) is 36.8. The van der Waals surface area contributed by atoms with Crippen LogP contribution in [0.4, 0.5) is 0 Å². The number of halogens is 1. The fourth-order valence-electron chi connectivity index (χ4n) is 2.68. The van der Waals surface area contributed by atoms with Gasteiger partial charge in [0.05, 0.1) is 7.11 Å². The Bertz CT molecular complexity index is 630. The van der Waals surface area contributed by atoms with E-state index in [4.69, 9.17) is 16.3 Å². The molecule has 0 radical (unpaired) electrons. The summed E-state index contributed by atoms with van der Waals surface area (Å²) in [5.41, 5.74) is -0.892. The van der Waals surface area contributed by atoms with Crippen LogP contribution in [-0.4, -0.2) is 24.6 Å². The van der Waals surface area contributed by atoms with Crippen LogP contribution in [0.25, 0.3) is 0 Å². The van der Waals surface area contributed by atoms with Crippen molar-refractivity contribution < 1.29 is 19.1 Å². The molecule has 0 aliphatic heterocycles. The van der Waals surface area contributed by atoms with Crippen LogP contribution >= 0.6 is 11.6 Å². The van der Waals surface area contributed by atoms with Gasteiger partial charge < -0.3 is 4.74 Å². The Morgan fingerprint density at radius 2 is 1.81 bits per heavy atom. The van der Waals surface area contributed by atoms with Gasteiger partial charge in [0.1, 0.15) is 0 Å². The van der Waals surface area contributed by atoms with Crippen molar-refractivity contribution in [2.45, 2.75) is 19.8 Å². The molecule has 0 bridgehead atoms. The first-order chi connectivity index (χ1) is 9.93. The molecule has 1 aromatic rings. The molecular formula is C16H15ClO4. The molecule has 0 fully saturated rings. The summed E-state index contributed by atoms with van der Waals surface area (Å²) in [7, 11) is 1.22. The molecule has 1 aliphatic rings. The Morgan fingerprint density at radius 3 is 2.33 bits per heavy atom. The van der Waals surface area contributed by atoms with Crippen molar-refractivity contribution in [1.82, 2.24) is 0 Å². The minimum atomic E-state index is -1.48. The number of methoxy groups -OCH3 is 1. The molecule has 1 aromatic carbocycles. The summed E-state index contributed by atoms with van der Waals surface area (Å²) in [6.07, 6.45) is 2.41. The molecule has 2 rings (SSSR count). The molecule has 4 nitrogen and oxygen atoms in total. The van der Waals surface area contributed by atoms with Crippen molar-refractivity contribution in [3.05, 3.63) is 46.5 Å². The van der Waals surface area contributed by atoms with Gasteiger partial charge in [0, 0.05) is 16.2 Å². The molecule has 110 valence electrons. The quantitative estimate of drug-likeness (QED) is 0.487. The van der Waals surface area contributed by atoms with E-state index in [1.54, 1.807) is 30.3 Å². The predicted molar refractivity (Wildman–Crippen MR) is 78.2 cm³/mol. The minimum Gasteiger partial charge on any atom is -0.468 e. The van der Waals surface area contributed by atoms with E-state index in [-0.39, 0.29) is 23.6 Å². The van der Waals surface area contributed by atoms with E-state index in [1.165, 1.54) is 14.0 Å². The fourth-order valence-corrected chi connectivity index (χ4v) is 2.81. The summed E-state index contributed by atoms with van der Waals surface area (Å²) >= 11 is 5.80. The second kappa shape index (κ2) is 5.82. The highest BCUT2D eigenvalue weighted by Gasteiger charge is 2.52. The van der Waals surface area contributed by atoms with E-state index in [1.807, 2.05) is 0 Å². The van der Waals surface area contributed by atoms with E-state index in [9.17, 15) is 14.4 Å². The van der Waals surface area contributed by atoms with Gasteiger partial charge in [0.2, 0.25) is 0 Å². The Morgan fingerprint density at radius 1 is 1.19 bits per heavy atom. The van der Waals surface area contributed by atoms with Crippen LogP contribution < -0.4 is 0 Å². The number of hydrogen-bond acceptors (Lipinski definition) is 4. The topological polar surface area (TPSA) is 60.4 Å². The number of rotatable bonds is 4.